The van der Waals surface area contributed by atoms with Crippen LogP contribution in [0.3, 0.4) is 0 Å². The molecule has 23 heavy (non-hydrogen) atoms. The summed E-state index contributed by atoms with van der Waals surface area (Å²) in [6, 6.07) is 0. The van der Waals surface area contributed by atoms with Gasteiger partial charge in [-0.2, -0.15) is 5.10 Å². The van der Waals surface area contributed by atoms with Crippen LogP contribution in [0, 0.1) is 40.4 Å². The average molecular weight is 319 g/mol. The monoisotopic (exact) mass is 318 g/mol. The highest BCUT2D eigenvalue weighted by molar-refractivity contribution is 5.87. The van der Waals surface area contributed by atoms with Crippen molar-refractivity contribution >= 4 is 5.71 Å². The third-order valence-corrected chi connectivity index (χ3v) is 8.95. The fourth-order valence-corrected chi connectivity index (χ4v) is 7.57. The zero-order chi connectivity index (χ0) is 16.4. The van der Waals surface area contributed by atoms with E-state index >= 15 is 0 Å². The van der Waals surface area contributed by atoms with E-state index in [1.807, 2.05) is 0 Å². The molecular formula is C20H34N2O. The first-order chi connectivity index (χ1) is 10.9. The molecule has 4 aliphatic rings. The van der Waals surface area contributed by atoms with E-state index in [0.717, 1.165) is 36.5 Å². The van der Waals surface area contributed by atoms with Crippen molar-refractivity contribution < 1.29 is 5.11 Å². The van der Waals surface area contributed by atoms with Crippen LogP contribution in [0.1, 0.15) is 72.1 Å². The first-order valence-corrected chi connectivity index (χ1v) is 9.85. The summed E-state index contributed by atoms with van der Waals surface area (Å²) in [5, 5.41) is 14.7. The molecule has 0 amide bonds. The summed E-state index contributed by atoms with van der Waals surface area (Å²) in [6.07, 6.45) is 9.88. The molecule has 0 radical (unpaired) electrons. The van der Waals surface area contributed by atoms with Crippen LogP contribution in [-0.2, 0) is 0 Å². The molecule has 3 heteroatoms. The van der Waals surface area contributed by atoms with E-state index < -0.39 is 0 Å². The Kier molecular flexibility index (Phi) is 3.61. The molecule has 0 aromatic heterocycles. The van der Waals surface area contributed by atoms with Crippen LogP contribution in [-0.4, -0.2) is 16.9 Å². The number of nitrogens with zero attached hydrogens (tertiary/aromatic N) is 1. The number of hydrazone groups is 1. The molecule has 3 nitrogen and oxygen atoms in total. The van der Waals surface area contributed by atoms with E-state index in [-0.39, 0.29) is 11.5 Å². The van der Waals surface area contributed by atoms with Gasteiger partial charge in [-0.25, -0.2) is 0 Å². The van der Waals surface area contributed by atoms with Crippen molar-refractivity contribution in [1.29, 1.82) is 0 Å². The number of aliphatic hydroxyl groups excluding tert-OH is 1. The molecule has 8 atom stereocenters. The van der Waals surface area contributed by atoms with Gasteiger partial charge in [0.15, 0.2) is 0 Å². The summed E-state index contributed by atoms with van der Waals surface area (Å²) >= 11 is 0. The number of hydrogen-bond acceptors (Lipinski definition) is 3. The third-order valence-electron chi connectivity index (χ3n) is 8.95. The van der Waals surface area contributed by atoms with Gasteiger partial charge >= 0.3 is 0 Å². The predicted octanol–water partition coefficient (Wildman–Crippen LogP) is 3.95. The fourth-order valence-electron chi connectivity index (χ4n) is 7.57. The van der Waals surface area contributed by atoms with Crippen LogP contribution < -0.4 is 5.84 Å². The van der Waals surface area contributed by atoms with Gasteiger partial charge in [0.05, 0.1) is 6.10 Å². The Morgan fingerprint density at radius 2 is 1.78 bits per heavy atom. The van der Waals surface area contributed by atoms with E-state index in [9.17, 15) is 5.11 Å². The molecule has 0 spiro atoms. The Balaban J connectivity index is 1.63. The predicted molar refractivity (Wildman–Crippen MR) is 93.9 cm³/mol. The standard InChI is InChI=1S/C20H34N2O/c1-12-11-20(3)13(10-17(12)22-21)4-5-14-15-6-7-18(23)19(15,2)9-8-16(14)20/h12-16,18,23H,4-11,21H2,1-3H3/b22-17-/t12-,13-,14+,15+,16+,18-,19+,20+/m1/s1. The van der Waals surface area contributed by atoms with E-state index in [0.29, 0.717) is 11.3 Å². The molecule has 0 heterocycles. The van der Waals surface area contributed by atoms with Gasteiger partial charge in [-0.15, -0.1) is 0 Å². The molecule has 4 rings (SSSR count). The van der Waals surface area contributed by atoms with E-state index in [4.69, 9.17) is 5.84 Å². The molecule has 0 aliphatic heterocycles. The molecule has 0 bridgehead atoms. The number of rotatable bonds is 0. The van der Waals surface area contributed by atoms with Crippen LogP contribution in [0.4, 0.5) is 0 Å². The van der Waals surface area contributed by atoms with Crippen LogP contribution in [0.2, 0.25) is 0 Å². The minimum Gasteiger partial charge on any atom is -0.393 e. The first kappa shape index (κ1) is 15.9. The number of fused-ring (bicyclic) bond motifs is 5. The maximum absolute atomic E-state index is 10.5. The summed E-state index contributed by atoms with van der Waals surface area (Å²) in [6.45, 7) is 7.28. The lowest BCUT2D eigenvalue weighted by molar-refractivity contribution is -0.116. The van der Waals surface area contributed by atoms with Crippen molar-refractivity contribution in [2.24, 2.45) is 51.4 Å². The summed E-state index contributed by atoms with van der Waals surface area (Å²) in [5.41, 5.74) is 1.92. The topological polar surface area (TPSA) is 58.6 Å². The van der Waals surface area contributed by atoms with Gasteiger partial charge in [0.1, 0.15) is 0 Å². The molecule has 0 saturated heterocycles. The molecule has 4 aliphatic carbocycles. The Labute approximate surface area is 141 Å². The summed E-state index contributed by atoms with van der Waals surface area (Å²) in [7, 11) is 0. The minimum atomic E-state index is -0.0553. The highest BCUT2D eigenvalue weighted by Gasteiger charge is 2.60. The Hall–Kier alpha value is -0.570. The summed E-state index contributed by atoms with van der Waals surface area (Å²) < 4.78 is 0. The van der Waals surface area contributed by atoms with Crippen molar-refractivity contribution in [2.45, 2.75) is 78.2 Å². The second-order valence-electron chi connectivity index (χ2n) is 9.72. The Bertz CT molecular complexity index is 518. The molecule has 0 aromatic carbocycles. The summed E-state index contributed by atoms with van der Waals surface area (Å²) in [5.74, 6) is 9.43. The first-order valence-electron chi connectivity index (χ1n) is 9.85. The molecule has 3 N–H and O–H groups in total. The lowest BCUT2D eigenvalue weighted by Crippen LogP contribution is -2.55. The van der Waals surface area contributed by atoms with Crippen molar-refractivity contribution in [1.82, 2.24) is 0 Å². The van der Waals surface area contributed by atoms with E-state index in [1.165, 1.54) is 44.2 Å². The van der Waals surface area contributed by atoms with Crippen LogP contribution in [0.5, 0.6) is 0 Å². The molecular weight excluding hydrogens is 284 g/mol. The largest absolute Gasteiger partial charge is 0.393 e. The maximum atomic E-state index is 10.5. The van der Waals surface area contributed by atoms with Crippen LogP contribution in [0.25, 0.3) is 0 Å². The maximum Gasteiger partial charge on any atom is 0.0596 e. The highest BCUT2D eigenvalue weighted by atomic mass is 16.3. The Morgan fingerprint density at radius 3 is 2.52 bits per heavy atom. The van der Waals surface area contributed by atoms with Crippen LogP contribution >= 0.6 is 0 Å². The van der Waals surface area contributed by atoms with Crippen molar-refractivity contribution in [3.8, 4) is 0 Å². The van der Waals surface area contributed by atoms with E-state index in [2.05, 4.69) is 25.9 Å². The second kappa shape index (κ2) is 5.21. The van der Waals surface area contributed by atoms with Gasteiger partial charge in [-0.3, -0.25) is 0 Å². The lowest BCUT2D eigenvalue weighted by Gasteiger charge is -2.61. The average Bonchev–Trinajstić information content (AvgIpc) is 2.82. The van der Waals surface area contributed by atoms with Crippen molar-refractivity contribution in [2.75, 3.05) is 0 Å². The van der Waals surface area contributed by atoms with Crippen molar-refractivity contribution in [3.63, 3.8) is 0 Å². The number of hydrogen-bond donors (Lipinski definition) is 2. The van der Waals surface area contributed by atoms with Gasteiger partial charge in [-0.05, 0) is 91.8 Å². The molecule has 4 fully saturated rings. The fraction of sp³-hybridized carbons (Fsp3) is 0.950. The van der Waals surface area contributed by atoms with E-state index in [1.54, 1.807) is 0 Å². The van der Waals surface area contributed by atoms with Crippen molar-refractivity contribution in [3.05, 3.63) is 0 Å². The van der Waals surface area contributed by atoms with Crippen LogP contribution in [0.15, 0.2) is 5.10 Å². The number of aliphatic hydroxyl groups is 1. The molecule has 0 unspecified atom stereocenters. The normalized spacial score (nSPS) is 57.7. The van der Waals surface area contributed by atoms with Gasteiger partial charge in [0.25, 0.3) is 0 Å². The lowest BCUT2D eigenvalue weighted by atomic mass is 9.44. The smallest absolute Gasteiger partial charge is 0.0596 e. The Morgan fingerprint density at radius 1 is 1.04 bits per heavy atom. The molecule has 130 valence electrons. The zero-order valence-electron chi connectivity index (χ0n) is 15.1. The minimum absolute atomic E-state index is 0.0553. The van der Waals surface area contributed by atoms with Gasteiger partial charge in [0, 0.05) is 5.71 Å². The molecule has 0 aromatic rings. The quantitative estimate of drug-likeness (QED) is 0.525. The second-order valence-corrected chi connectivity index (χ2v) is 9.72. The number of nitrogens with two attached hydrogens (primary N) is 1. The zero-order valence-corrected chi connectivity index (χ0v) is 15.1. The molecule has 4 saturated carbocycles. The van der Waals surface area contributed by atoms with Gasteiger partial charge in [0.2, 0.25) is 0 Å². The SMILES string of the molecule is C[C@@H]1C[C@@]2(C)[C@H](CC[C@@H]3[C@@H]2CC[C@]2(C)[C@H](O)CC[C@@H]32)C/C1=N/N. The summed E-state index contributed by atoms with van der Waals surface area (Å²) in [4.78, 5) is 0. The van der Waals surface area contributed by atoms with Gasteiger partial charge in [-0.1, -0.05) is 20.8 Å². The highest BCUT2D eigenvalue weighted by Crippen LogP contribution is 2.66. The van der Waals surface area contributed by atoms with Gasteiger partial charge < -0.3 is 10.9 Å². The third kappa shape index (κ3) is 2.08.